The lowest BCUT2D eigenvalue weighted by atomic mass is 10.1. The number of imidazole rings is 1. The summed E-state index contributed by atoms with van der Waals surface area (Å²) in [5, 5.41) is 2.95. The smallest absolute Gasteiger partial charge is 0.224 e. The minimum Gasteiger partial charge on any atom is -0.493 e. The van der Waals surface area contributed by atoms with Gasteiger partial charge in [0.05, 0.1) is 32.4 Å². The van der Waals surface area contributed by atoms with Gasteiger partial charge < -0.3 is 19.5 Å². The van der Waals surface area contributed by atoms with Crippen LogP contribution < -0.4 is 19.5 Å². The van der Waals surface area contributed by atoms with Crippen LogP contribution in [0.3, 0.4) is 0 Å². The number of carbonyl (C=O) groups is 1. The number of benzene rings is 3. The van der Waals surface area contributed by atoms with E-state index in [1.807, 2.05) is 65.2 Å². The van der Waals surface area contributed by atoms with Crippen molar-refractivity contribution in [1.29, 1.82) is 0 Å². The molecule has 0 radical (unpaired) electrons. The molecule has 0 spiro atoms. The number of nitrogens with zero attached hydrogens (tertiary/aromatic N) is 2. The quantitative estimate of drug-likeness (QED) is 0.441. The number of rotatable bonds is 8. The number of ether oxygens (including phenoxy) is 3. The van der Waals surface area contributed by atoms with Crippen LogP contribution in [0.5, 0.6) is 17.2 Å². The van der Waals surface area contributed by atoms with E-state index in [0.29, 0.717) is 30.1 Å². The third-order valence-electron chi connectivity index (χ3n) is 5.29. The van der Waals surface area contributed by atoms with Crippen molar-refractivity contribution in [1.82, 2.24) is 9.55 Å². The summed E-state index contributed by atoms with van der Waals surface area (Å²) in [5.74, 6) is 1.61. The van der Waals surface area contributed by atoms with Gasteiger partial charge in [0.2, 0.25) is 11.7 Å². The Kier molecular flexibility index (Phi) is 6.26. The van der Waals surface area contributed by atoms with E-state index in [1.165, 1.54) is 0 Å². The van der Waals surface area contributed by atoms with E-state index in [2.05, 4.69) is 10.3 Å². The SMILES string of the molecule is COc1ccc(CCC(=O)Nc2ccc(-n3cnc4ccccc43)cc2)c(OC)c1OC. The molecule has 0 aliphatic heterocycles. The first kappa shape index (κ1) is 21.2. The van der Waals surface area contributed by atoms with Gasteiger partial charge in [0.1, 0.15) is 6.33 Å². The summed E-state index contributed by atoms with van der Waals surface area (Å²) in [6.07, 6.45) is 2.61. The van der Waals surface area contributed by atoms with Gasteiger partial charge in [0.15, 0.2) is 11.5 Å². The molecule has 4 rings (SSSR count). The molecule has 164 valence electrons. The number of methoxy groups -OCH3 is 3. The zero-order chi connectivity index (χ0) is 22.5. The van der Waals surface area contributed by atoms with E-state index in [1.54, 1.807) is 27.7 Å². The fraction of sp³-hybridized carbons (Fsp3) is 0.200. The largest absolute Gasteiger partial charge is 0.493 e. The summed E-state index contributed by atoms with van der Waals surface area (Å²) in [6.45, 7) is 0. The molecule has 4 aromatic rings. The lowest BCUT2D eigenvalue weighted by Gasteiger charge is -2.15. The van der Waals surface area contributed by atoms with Crippen molar-refractivity contribution in [3.05, 3.63) is 72.6 Å². The van der Waals surface area contributed by atoms with Gasteiger partial charge in [-0.1, -0.05) is 18.2 Å². The lowest BCUT2D eigenvalue weighted by Crippen LogP contribution is -2.12. The van der Waals surface area contributed by atoms with Gasteiger partial charge in [-0.2, -0.15) is 0 Å². The van der Waals surface area contributed by atoms with Gasteiger partial charge >= 0.3 is 0 Å². The Morgan fingerprint density at radius 3 is 2.38 bits per heavy atom. The maximum absolute atomic E-state index is 12.5. The molecule has 3 aromatic carbocycles. The standard InChI is InChI=1S/C25H25N3O4/c1-30-22-14-8-17(24(31-2)25(22)32-3)9-15-23(29)27-18-10-12-19(13-11-18)28-16-26-20-6-4-5-7-21(20)28/h4-8,10-14,16H,9,15H2,1-3H3,(H,27,29). The Morgan fingerprint density at radius 1 is 0.906 bits per heavy atom. The van der Waals surface area contributed by atoms with Crippen LogP contribution in [0.15, 0.2) is 67.0 Å². The molecular formula is C25H25N3O4. The van der Waals surface area contributed by atoms with E-state index in [9.17, 15) is 4.79 Å². The fourth-order valence-electron chi connectivity index (χ4n) is 3.70. The molecule has 0 atom stereocenters. The molecule has 0 aliphatic carbocycles. The zero-order valence-electron chi connectivity index (χ0n) is 18.3. The van der Waals surface area contributed by atoms with Crippen molar-refractivity contribution >= 4 is 22.6 Å². The summed E-state index contributed by atoms with van der Waals surface area (Å²) in [4.78, 5) is 17.0. The van der Waals surface area contributed by atoms with Gasteiger partial charge in [0, 0.05) is 17.8 Å². The molecule has 1 aromatic heterocycles. The van der Waals surface area contributed by atoms with Crippen molar-refractivity contribution in [2.45, 2.75) is 12.8 Å². The minimum atomic E-state index is -0.0809. The normalized spacial score (nSPS) is 10.7. The molecule has 0 aliphatic rings. The molecule has 1 N–H and O–H groups in total. The summed E-state index contributed by atoms with van der Waals surface area (Å²) < 4.78 is 18.2. The highest BCUT2D eigenvalue weighted by Crippen LogP contribution is 2.40. The number of aromatic nitrogens is 2. The third kappa shape index (κ3) is 4.23. The van der Waals surface area contributed by atoms with Crippen molar-refractivity contribution < 1.29 is 19.0 Å². The maximum atomic E-state index is 12.5. The average Bonchev–Trinajstić information content (AvgIpc) is 3.26. The van der Waals surface area contributed by atoms with Crippen LogP contribution in [0, 0.1) is 0 Å². The Labute approximate surface area is 186 Å². The van der Waals surface area contributed by atoms with Gasteiger partial charge in [0.25, 0.3) is 0 Å². The molecule has 7 heteroatoms. The second kappa shape index (κ2) is 9.43. The van der Waals surface area contributed by atoms with Crippen molar-refractivity contribution in [3.63, 3.8) is 0 Å². The summed E-state index contributed by atoms with van der Waals surface area (Å²) in [6, 6.07) is 19.4. The van der Waals surface area contributed by atoms with Crippen molar-refractivity contribution in [2.24, 2.45) is 0 Å². The Balaban J connectivity index is 1.42. The van der Waals surface area contributed by atoms with Gasteiger partial charge in [-0.25, -0.2) is 4.98 Å². The van der Waals surface area contributed by atoms with E-state index in [0.717, 1.165) is 28.0 Å². The number of anilines is 1. The van der Waals surface area contributed by atoms with Crippen molar-refractivity contribution in [2.75, 3.05) is 26.6 Å². The highest BCUT2D eigenvalue weighted by Gasteiger charge is 2.16. The molecule has 1 amide bonds. The van der Waals surface area contributed by atoms with Crippen LogP contribution in [0.4, 0.5) is 5.69 Å². The van der Waals surface area contributed by atoms with Gasteiger partial charge in [-0.15, -0.1) is 0 Å². The highest BCUT2D eigenvalue weighted by molar-refractivity contribution is 5.91. The topological polar surface area (TPSA) is 74.6 Å². The van der Waals surface area contributed by atoms with Crippen LogP contribution in [0.2, 0.25) is 0 Å². The van der Waals surface area contributed by atoms with Crippen LogP contribution in [0.25, 0.3) is 16.7 Å². The molecule has 32 heavy (non-hydrogen) atoms. The second-order valence-electron chi connectivity index (χ2n) is 7.19. The minimum absolute atomic E-state index is 0.0809. The number of carbonyl (C=O) groups excluding carboxylic acids is 1. The van der Waals surface area contributed by atoms with E-state index >= 15 is 0 Å². The number of hydrogen-bond donors (Lipinski definition) is 1. The Morgan fingerprint density at radius 2 is 1.66 bits per heavy atom. The number of para-hydroxylation sites is 2. The number of amides is 1. The highest BCUT2D eigenvalue weighted by atomic mass is 16.5. The lowest BCUT2D eigenvalue weighted by molar-refractivity contribution is -0.116. The number of hydrogen-bond acceptors (Lipinski definition) is 5. The zero-order valence-corrected chi connectivity index (χ0v) is 18.3. The maximum Gasteiger partial charge on any atom is 0.224 e. The molecular weight excluding hydrogens is 406 g/mol. The first-order valence-electron chi connectivity index (χ1n) is 10.2. The van der Waals surface area contributed by atoms with Crippen LogP contribution >= 0.6 is 0 Å². The summed E-state index contributed by atoms with van der Waals surface area (Å²) in [5.41, 5.74) is 4.57. The molecule has 0 fully saturated rings. The van der Waals surface area contributed by atoms with E-state index < -0.39 is 0 Å². The number of nitrogens with one attached hydrogen (secondary N) is 1. The van der Waals surface area contributed by atoms with Crippen LogP contribution in [-0.4, -0.2) is 36.8 Å². The van der Waals surface area contributed by atoms with E-state index in [4.69, 9.17) is 14.2 Å². The summed E-state index contributed by atoms with van der Waals surface area (Å²) in [7, 11) is 4.71. The molecule has 0 saturated carbocycles. The van der Waals surface area contributed by atoms with Crippen LogP contribution in [0.1, 0.15) is 12.0 Å². The van der Waals surface area contributed by atoms with E-state index in [-0.39, 0.29) is 5.91 Å². The van der Waals surface area contributed by atoms with Crippen LogP contribution in [-0.2, 0) is 11.2 Å². The van der Waals surface area contributed by atoms with Gasteiger partial charge in [-0.3, -0.25) is 9.36 Å². The molecule has 0 unspecified atom stereocenters. The first-order chi connectivity index (χ1) is 15.6. The Hall–Kier alpha value is -4.00. The number of aryl methyl sites for hydroxylation is 1. The predicted octanol–water partition coefficient (Wildman–Crippen LogP) is 4.62. The molecule has 7 nitrogen and oxygen atoms in total. The molecule has 0 bridgehead atoms. The second-order valence-corrected chi connectivity index (χ2v) is 7.19. The number of fused-ring (bicyclic) bond motifs is 1. The van der Waals surface area contributed by atoms with Gasteiger partial charge in [-0.05, 0) is 54.4 Å². The third-order valence-corrected chi connectivity index (χ3v) is 5.29. The Bertz CT molecular complexity index is 1230. The molecule has 0 saturated heterocycles. The fourth-order valence-corrected chi connectivity index (χ4v) is 3.70. The summed E-state index contributed by atoms with van der Waals surface area (Å²) >= 11 is 0. The average molecular weight is 431 g/mol. The monoisotopic (exact) mass is 431 g/mol. The first-order valence-corrected chi connectivity index (χ1v) is 10.2. The van der Waals surface area contributed by atoms with Crippen molar-refractivity contribution in [3.8, 4) is 22.9 Å². The predicted molar refractivity (Wildman–Crippen MR) is 124 cm³/mol. The molecule has 1 heterocycles.